The Balaban J connectivity index is 2.17. The molecule has 0 atom stereocenters. The first-order chi connectivity index (χ1) is 6.40. The Morgan fingerprint density at radius 1 is 1.31 bits per heavy atom. The van der Waals surface area contributed by atoms with E-state index in [2.05, 4.69) is 43.3 Å². The molecule has 0 saturated heterocycles. The zero-order valence-electron chi connectivity index (χ0n) is 8.16. The molecule has 0 aromatic heterocycles. The monoisotopic (exact) mass is 172 g/mol. The van der Waals surface area contributed by atoms with E-state index < -0.39 is 0 Å². The molecule has 1 fully saturated rings. The molecule has 0 nitrogen and oxygen atoms in total. The molecule has 0 N–H and O–H groups in total. The summed E-state index contributed by atoms with van der Waals surface area (Å²) in [5.74, 6) is 0.908. The topological polar surface area (TPSA) is 0 Å². The summed E-state index contributed by atoms with van der Waals surface area (Å²) in [6.07, 6.45) is 6.39. The van der Waals surface area contributed by atoms with E-state index in [4.69, 9.17) is 0 Å². The third-order valence-electron chi connectivity index (χ3n) is 2.66. The van der Waals surface area contributed by atoms with E-state index in [1.54, 1.807) is 5.57 Å². The van der Waals surface area contributed by atoms with Crippen molar-refractivity contribution >= 4 is 6.08 Å². The fourth-order valence-electron chi connectivity index (χ4n) is 1.73. The fraction of sp³-hybridized carbons (Fsp3) is 0.385. The van der Waals surface area contributed by atoms with Gasteiger partial charge < -0.3 is 0 Å². The van der Waals surface area contributed by atoms with Crippen molar-refractivity contribution in [2.24, 2.45) is 5.92 Å². The lowest BCUT2D eigenvalue weighted by Crippen LogP contribution is -1.83. The summed E-state index contributed by atoms with van der Waals surface area (Å²) in [7, 11) is 0. The minimum absolute atomic E-state index is 0.908. The van der Waals surface area contributed by atoms with Crippen LogP contribution in [0.2, 0.25) is 0 Å². The molecule has 1 aromatic carbocycles. The molecule has 1 saturated carbocycles. The normalized spacial score (nSPS) is 17.5. The van der Waals surface area contributed by atoms with E-state index >= 15 is 0 Å². The van der Waals surface area contributed by atoms with Gasteiger partial charge in [-0.1, -0.05) is 48.9 Å². The van der Waals surface area contributed by atoms with Crippen LogP contribution in [0.5, 0.6) is 0 Å². The number of allylic oxidation sites excluding steroid dienone is 1. The quantitative estimate of drug-likeness (QED) is 0.649. The maximum atomic E-state index is 2.36. The molecule has 0 unspecified atom stereocenters. The van der Waals surface area contributed by atoms with Gasteiger partial charge in [-0.2, -0.15) is 0 Å². The molecule has 13 heavy (non-hydrogen) atoms. The predicted octanol–water partition coefficient (Wildman–Crippen LogP) is 3.89. The lowest BCUT2D eigenvalue weighted by molar-refractivity contribution is 0.924. The van der Waals surface area contributed by atoms with Gasteiger partial charge >= 0.3 is 0 Å². The maximum absolute atomic E-state index is 2.36. The average Bonchev–Trinajstić information content (AvgIpc) is 2.99. The summed E-state index contributed by atoms with van der Waals surface area (Å²) in [6, 6.07) is 10.6. The SMILES string of the molecule is CC/C(=C\c1ccccc1)C1CC1. The van der Waals surface area contributed by atoms with Crippen LogP contribution in [0.4, 0.5) is 0 Å². The zero-order chi connectivity index (χ0) is 9.10. The minimum Gasteiger partial charge on any atom is -0.0668 e. The molecule has 2 rings (SSSR count). The van der Waals surface area contributed by atoms with Crippen molar-refractivity contribution in [3.05, 3.63) is 41.5 Å². The first-order valence-electron chi connectivity index (χ1n) is 5.15. The third kappa shape index (κ3) is 2.21. The van der Waals surface area contributed by atoms with Gasteiger partial charge in [0.05, 0.1) is 0 Å². The Labute approximate surface area is 80.3 Å². The number of benzene rings is 1. The minimum atomic E-state index is 0.908. The molecule has 0 radical (unpaired) electrons. The van der Waals surface area contributed by atoms with Crippen molar-refractivity contribution in [1.29, 1.82) is 0 Å². The second-order valence-corrected chi connectivity index (χ2v) is 3.76. The van der Waals surface area contributed by atoms with Gasteiger partial charge in [-0.25, -0.2) is 0 Å². The molecule has 1 aromatic rings. The molecule has 0 amide bonds. The van der Waals surface area contributed by atoms with Gasteiger partial charge in [-0.05, 0) is 30.7 Å². The molecule has 0 aliphatic heterocycles. The third-order valence-corrected chi connectivity index (χ3v) is 2.66. The second kappa shape index (κ2) is 3.78. The Hall–Kier alpha value is -1.04. The summed E-state index contributed by atoms with van der Waals surface area (Å²) < 4.78 is 0. The molecular weight excluding hydrogens is 156 g/mol. The van der Waals surface area contributed by atoms with Crippen LogP contribution < -0.4 is 0 Å². The molecule has 0 bridgehead atoms. The Bertz CT molecular complexity index is 291. The molecule has 0 heterocycles. The van der Waals surface area contributed by atoms with Crippen LogP contribution >= 0.6 is 0 Å². The highest BCUT2D eigenvalue weighted by Crippen LogP contribution is 2.38. The van der Waals surface area contributed by atoms with Crippen LogP contribution in [0.25, 0.3) is 6.08 Å². The Morgan fingerprint density at radius 2 is 2.00 bits per heavy atom. The van der Waals surface area contributed by atoms with E-state index in [0.717, 1.165) is 5.92 Å². The summed E-state index contributed by atoms with van der Waals surface area (Å²) in [6.45, 7) is 2.26. The van der Waals surface area contributed by atoms with Crippen LogP contribution in [-0.2, 0) is 0 Å². The second-order valence-electron chi connectivity index (χ2n) is 3.76. The van der Waals surface area contributed by atoms with Crippen molar-refractivity contribution in [2.45, 2.75) is 26.2 Å². The van der Waals surface area contributed by atoms with Gasteiger partial charge in [0.2, 0.25) is 0 Å². The average molecular weight is 172 g/mol. The lowest BCUT2D eigenvalue weighted by Gasteiger charge is -2.01. The maximum Gasteiger partial charge on any atom is -0.0200 e. The fourth-order valence-corrected chi connectivity index (χ4v) is 1.73. The van der Waals surface area contributed by atoms with Crippen LogP contribution in [0.3, 0.4) is 0 Å². The molecular formula is C13H16. The Morgan fingerprint density at radius 3 is 2.54 bits per heavy atom. The number of hydrogen-bond acceptors (Lipinski definition) is 0. The van der Waals surface area contributed by atoms with E-state index in [-0.39, 0.29) is 0 Å². The standard InChI is InChI=1S/C13H16/c1-2-12(13-8-9-13)10-11-6-4-3-5-7-11/h3-7,10,13H,2,8-9H2,1H3/b12-10+. The first-order valence-corrected chi connectivity index (χ1v) is 5.15. The van der Waals surface area contributed by atoms with Crippen molar-refractivity contribution < 1.29 is 0 Å². The highest BCUT2D eigenvalue weighted by Gasteiger charge is 2.24. The molecule has 68 valence electrons. The van der Waals surface area contributed by atoms with Gasteiger partial charge in [0.1, 0.15) is 0 Å². The lowest BCUT2D eigenvalue weighted by atomic mass is 10.0. The van der Waals surface area contributed by atoms with Crippen molar-refractivity contribution in [3.63, 3.8) is 0 Å². The van der Waals surface area contributed by atoms with Gasteiger partial charge in [0, 0.05) is 0 Å². The van der Waals surface area contributed by atoms with Crippen molar-refractivity contribution in [3.8, 4) is 0 Å². The molecule has 1 aliphatic carbocycles. The van der Waals surface area contributed by atoms with Crippen molar-refractivity contribution in [2.75, 3.05) is 0 Å². The zero-order valence-corrected chi connectivity index (χ0v) is 8.16. The first kappa shape index (κ1) is 8.55. The van der Waals surface area contributed by atoms with Gasteiger partial charge in [0.25, 0.3) is 0 Å². The highest BCUT2D eigenvalue weighted by molar-refractivity contribution is 5.53. The van der Waals surface area contributed by atoms with Gasteiger partial charge in [0.15, 0.2) is 0 Å². The number of rotatable bonds is 3. The van der Waals surface area contributed by atoms with Gasteiger partial charge in [-0.15, -0.1) is 0 Å². The van der Waals surface area contributed by atoms with Crippen LogP contribution in [0.1, 0.15) is 31.7 Å². The summed E-state index contributed by atoms with van der Waals surface area (Å²) in [4.78, 5) is 0. The predicted molar refractivity (Wildman–Crippen MR) is 57.4 cm³/mol. The Kier molecular flexibility index (Phi) is 2.49. The molecule has 0 spiro atoms. The van der Waals surface area contributed by atoms with Crippen LogP contribution in [0, 0.1) is 5.92 Å². The number of hydrogen-bond donors (Lipinski definition) is 0. The van der Waals surface area contributed by atoms with E-state index in [1.165, 1.54) is 24.8 Å². The summed E-state index contributed by atoms with van der Waals surface area (Å²) >= 11 is 0. The van der Waals surface area contributed by atoms with E-state index in [0.29, 0.717) is 0 Å². The van der Waals surface area contributed by atoms with Crippen molar-refractivity contribution in [1.82, 2.24) is 0 Å². The molecule has 1 aliphatic rings. The van der Waals surface area contributed by atoms with Crippen LogP contribution in [-0.4, -0.2) is 0 Å². The van der Waals surface area contributed by atoms with Gasteiger partial charge in [-0.3, -0.25) is 0 Å². The van der Waals surface area contributed by atoms with E-state index in [9.17, 15) is 0 Å². The largest absolute Gasteiger partial charge is 0.0668 e. The van der Waals surface area contributed by atoms with Crippen LogP contribution in [0.15, 0.2) is 35.9 Å². The molecule has 0 heteroatoms. The summed E-state index contributed by atoms with van der Waals surface area (Å²) in [5, 5.41) is 0. The smallest absolute Gasteiger partial charge is 0.0200 e. The van der Waals surface area contributed by atoms with E-state index in [1.807, 2.05) is 0 Å². The summed E-state index contributed by atoms with van der Waals surface area (Å²) in [5.41, 5.74) is 2.98. The highest BCUT2D eigenvalue weighted by atomic mass is 14.3.